The number of nitrogens with zero attached hydrogens (tertiary/aromatic N) is 1. The first-order valence-corrected chi connectivity index (χ1v) is 20.4. The van der Waals surface area contributed by atoms with Crippen LogP contribution in [-0.4, -0.2) is 26.2 Å². The zero-order valence-corrected chi connectivity index (χ0v) is 31.0. The van der Waals surface area contributed by atoms with E-state index in [1.54, 1.807) is 7.11 Å². The number of pyridine rings is 1. The van der Waals surface area contributed by atoms with E-state index in [0.717, 1.165) is 65.0 Å². The normalized spacial score (nSPS) is 21.1. The van der Waals surface area contributed by atoms with Gasteiger partial charge in [0.05, 0.1) is 17.8 Å². The van der Waals surface area contributed by atoms with Gasteiger partial charge in [-0.25, -0.2) is 4.98 Å². The molecule has 1 aromatic heterocycles. The molecule has 3 atom stereocenters. The number of benzene rings is 3. The van der Waals surface area contributed by atoms with E-state index in [9.17, 15) is 0 Å². The molecule has 48 heavy (non-hydrogen) atoms. The molecular weight excluding hydrogens is 634 g/mol. The molecule has 0 bridgehead atoms. The van der Waals surface area contributed by atoms with E-state index in [-0.39, 0.29) is 23.2 Å². The molecule has 3 aromatic carbocycles. The van der Waals surface area contributed by atoms with Crippen LogP contribution in [0.5, 0.6) is 11.6 Å². The van der Waals surface area contributed by atoms with Crippen molar-refractivity contribution in [2.45, 2.75) is 89.5 Å². The molecule has 0 amide bonds. The summed E-state index contributed by atoms with van der Waals surface area (Å²) in [5.74, 6) is 0.895. The van der Waals surface area contributed by atoms with Crippen molar-refractivity contribution in [2.75, 3.05) is 7.11 Å². The van der Waals surface area contributed by atoms with E-state index in [1.807, 2.05) is 24.3 Å². The SMILES string of the molecule is CCc1ccc(C(=C[C@H]2CCC3(C2)O[C@H](c2ccccc2)[C@@H](c2ccccc2)O3)c2ccc(O[Si](C)(C)C(C)(C)C)c(Cl)c2)nc1OC. The zero-order valence-electron chi connectivity index (χ0n) is 29.3. The third-order valence-electron chi connectivity index (χ3n) is 10.3. The summed E-state index contributed by atoms with van der Waals surface area (Å²) in [7, 11) is -0.392. The smallest absolute Gasteiger partial charge is 0.250 e. The van der Waals surface area contributed by atoms with Gasteiger partial charge in [0.25, 0.3) is 8.32 Å². The van der Waals surface area contributed by atoms with Gasteiger partial charge in [-0.3, -0.25) is 0 Å². The number of ether oxygens (including phenoxy) is 3. The molecular formula is C41H48ClNO4Si. The Hall–Kier alpha value is -3.42. The number of aryl methyl sites for hydroxylation is 1. The maximum absolute atomic E-state index is 6.97. The van der Waals surface area contributed by atoms with Crippen LogP contribution in [0.4, 0.5) is 0 Å². The molecule has 2 heterocycles. The average molecular weight is 682 g/mol. The van der Waals surface area contributed by atoms with Gasteiger partial charge < -0.3 is 18.6 Å². The summed E-state index contributed by atoms with van der Waals surface area (Å²) in [4.78, 5) is 5.00. The molecule has 1 saturated carbocycles. The van der Waals surface area contributed by atoms with Crippen LogP contribution in [0, 0.1) is 5.92 Å². The van der Waals surface area contributed by atoms with Gasteiger partial charge in [0.2, 0.25) is 5.88 Å². The number of aromatic nitrogens is 1. The van der Waals surface area contributed by atoms with Gasteiger partial charge in [0, 0.05) is 24.0 Å². The molecule has 2 fully saturated rings. The van der Waals surface area contributed by atoms with Crippen molar-refractivity contribution in [3.8, 4) is 11.6 Å². The van der Waals surface area contributed by atoms with E-state index < -0.39 is 14.1 Å². The van der Waals surface area contributed by atoms with Crippen LogP contribution in [0.3, 0.4) is 0 Å². The predicted molar refractivity (Wildman–Crippen MR) is 197 cm³/mol. The lowest BCUT2D eigenvalue weighted by Crippen LogP contribution is -2.43. The zero-order chi connectivity index (χ0) is 34.1. The highest BCUT2D eigenvalue weighted by Gasteiger charge is 2.52. The highest BCUT2D eigenvalue weighted by Crippen LogP contribution is 2.55. The lowest BCUT2D eigenvalue weighted by Gasteiger charge is -2.36. The molecule has 0 unspecified atom stereocenters. The van der Waals surface area contributed by atoms with Crippen molar-refractivity contribution in [1.29, 1.82) is 0 Å². The summed E-state index contributed by atoms with van der Waals surface area (Å²) in [5.41, 5.74) is 6.17. The number of hydrogen-bond donors (Lipinski definition) is 0. The molecule has 1 aliphatic carbocycles. The Bertz CT molecular complexity index is 1700. The molecule has 1 saturated heterocycles. The van der Waals surface area contributed by atoms with Gasteiger partial charge in [-0.2, -0.15) is 0 Å². The Kier molecular flexibility index (Phi) is 9.92. The number of halogens is 1. The Morgan fingerprint density at radius 3 is 2.10 bits per heavy atom. The van der Waals surface area contributed by atoms with Crippen LogP contribution in [0.2, 0.25) is 23.2 Å². The minimum Gasteiger partial charge on any atom is -0.543 e. The fraction of sp³-hybridized carbons (Fsp3) is 0.390. The molecule has 252 valence electrons. The molecule has 7 heteroatoms. The second-order valence-corrected chi connectivity index (χ2v) is 19.8. The third-order valence-corrected chi connectivity index (χ3v) is 14.9. The minimum atomic E-state index is -2.07. The molecule has 6 rings (SSSR count). The minimum absolute atomic E-state index is 0.0589. The summed E-state index contributed by atoms with van der Waals surface area (Å²) >= 11 is 6.97. The summed E-state index contributed by atoms with van der Waals surface area (Å²) in [5, 5.41) is 0.658. The lowest BCUT2D eigenvalue weighted by molar-refractivity contribution is -0.171. The number of allylic oxidation sites excluding steroid dienone is 1. The van der Waals surface area contributed by atoms with Crippen LogP contribution in [0.1, 0.15) is 87.1 Å². The lowest BCUT2D eigenvalue weighted by atomic mass is 9.95. The fourth-order valence-corrected chi connectivity index (χ4v) is 7.88. The predicted octanol–water partition coefficient (Wildman–Crippen LogP) is 11.1. The number of rotatable bonds is 9. The fourth-order valence-electron chi connectivity index (χ4n) is 6.56. The Morgan fingerprint density at radius 2 is 1.56 bits per heavy atom. The van der Waals surface area contributed by atoms with Gasteiger partial charge in [-0.05, 0) is 71.8 Å². The Labute approximate surface area is 292 Å². The number of methoxy groups -OCH3 is 1. The first kappa shape index (κ1) is 34.4. The molecule has 0 radical (unpaired) electrons. The third kappa shape index (κ3) is 7.13. The molecule has 4 aromatic rings. The van der Waals surface area contributed by atoms with E-state index in [4.69, 9.17) is 35.2 Å². The average Bonchev–Trinajstić information content (AvgIpc) is 3.67. The van der Waals surface area contributed by atoms with Gasteiger partial charge in [-0.1, -0.05) is 118 Å². The van der Waals surface area contributed by atoms with Crippen molar-refractivity contribution in [3.63, 3.8) is 0 Å². The molecule has 5 nitrogen and oxygen atoms in total. The van der Waals surface area contributed by atoms with Crippen LogP contribution in [-0.2, 0) is 15.9 Å². The monoisotopic (exact) mass is 681 g/mol. The highest BCUT2D eigenvalue weighted by atomic mass is 35.5. The van der Waals surface area contributed by atoms with Crippen molar-refractivity contribution >= 4 is 25.5 Å². The topological polar surface area (TPSA) is 49.8 Å². The van der Waals surface area contributed by atoms with Gasteiger partial charge in [-0.15, -0.1) is 0 Å². The van der Waals surface area contributed by atoms with Gasteiger partial charge >= 0.3 is 0 Å². The van der Waals surface area contributed by atoms with Crippen molar-refractivity contribution in [2.24, 2.45) is 5.92 Å². The number of hydrogen-bond acceptors (Lipinski definition) is 5. The molecule has 1 aliphatic heterocycles. The standard InChI is InChI=1S/C41H48ClNO4Si/c1-8-29-19-21-35(43-39(29)44-5)33(32-20-22-36(34(42)26-32)47-48(6,7)40(2,3)4)25-28-23-24-41(27-28)45-37(30-15-11-9-12-16-30)38(46-41)31-17-13-10-14-18-31/h9-22,25-26,28,37-38H,8,23-24,27H2,1-7H3/t28-,37-,38-/m1/s1. The molecule has 1 spiro atoms. The molecule has 0 N–H and O–H groups in total. The second kappa shape index (κ2) is 13.8. The van der Waals surface area contributed by atoms with Crippen molar-refractivity contribution < 1.29 is 18.6 Å². The summed E-state index contributed by atoms with van der Waals surface area (Å²) in [6, 6.07) is 31.2. The van der Waals surface area contributed by atoms with Crippen molar-refractivity contribution in [3.05, 3.63) is 130 Å². The maximum Gasteiger partial charge on any atom is 0.250 e. The van der Waals surface area contributed by atoms with Crippen LogP contribution in [0.25, 0.3) is 5.57 Å². The Morgan fingerprint density at radius 1 is 0.938 bits per heavy atom. The van der Waals surface area contributed by atoms with Crippen LogP contribution in [0.15, 0.2) is 97.1 Å². The quantitative estimate of drug-likeness (QED) is 0.165. The summed E-state index contributed by atoms with van der Waals surface area (Å²) in [6.45, 7) is 13.3. The second-order valence-electron chi connectivity index (χ2n) is 14.6. The van der Waals surface area contributed by atoms with Crippen LogP contribution < -0.4 is 9.16 Å². The van der Waals surface area contributed by atoms with Crippen LogP contribution >= 0.6 is 11.6 Å². The van der Waals surface area contributed by atoms with E-state index in [0.29, 0.717) is 10.9 Å². The largest absolute Gasteiger partial charge is 0.543 e. The van der Waals surface area contributed by atoms with Crippen molar-refractivity contribution in [1.82, 2.24) is 4.98 Å². The Balaban J connectivity index is 1.35. The van der Waals surface area contributed by atoms with E-state index in [1.165, 1.54) is 0 Å². The first-order chi connectivity index (χ1) is 22.9. The molecule has 2 aliphatic rings. The first-order valence-electron chi connectivity index (χ1n) is 17.1. The highest BCUT2D eigenvalue weighted by molar-refractivity contribution is 6.74. The maximum atomic E-state index is 6.97. The van der Waals surface area contributed by atoms with Gasteiger partial charge in [0.1, 0.15) is 18.0 Å². The van der Waals surface area contributed by atoms with E-state index in [2.05, 4.69) is 114 Å². The van der Waals surface area contributed by atoms with Gasteiger partial charge in [0.15, 0.2) is 5.79 Å². The summed E-state index contributed by atoms with van der Waals surface area (Å²) < 4.78 is 26.2. The van der Waals surface area contributed by atoms with E-state index >= 15 is 0 Å². The summed E-state index contributed by atoms with van der Waals surface area (Å²) in [6.07, 6.45) is 5.28.